The standard InChI is InChI=1S/C28H38N4O2/c1-19(21-9-5-3-6-10-21)31-27(33)23-13-15-29-25(17-23)26-18-24(14-16-30-26)28(34)32-20(2)22-11-7-4-8-12-22/h13-22H,3-12H2,1-2H3,(H,31,33)(H,32,34)/t19-,20-/m0/s1. The molecule has 2 heterocycles. The van der Waals surface area contributed by atoms with Crippen molar-refractivity contribution in [1.29, 1.82) is 0 Å². The Morgan fingerprint density at radius 1 is 0.706 bits per heavy atom. The number of carbonyl (C=O) groups excluding carboxylic acids is 2. The van der Waals surface area contributed by atoms with Crippen LogP contribution in [0.1, 0.15) is 98.8 Å². The lowest BCUT2D eigenvalue weighted by Gasteiger charge is -2.28. The zero-order chi connectivity index (χ0) is 23.9. The molecule has 2 N–H and O–H groups in total. The first-order valence-corrected chi connectivity index (χ1v) is 13.1. The number of rotatable bonds is 7. The van der Waals surface area contributed by atoms with Gasteiger partial charge in [-0.1, -0.05) is 38.5 Å². The second-order valence-corrected chi connectivity index (χ2v) is 10.2. The quantitative estimate of drug-likeness (QED) is 0.566. The Hall–Kier alpha value is -2.76. The van der Waals surface area contributed by atoms with Crippen molar-refractivity contribution in [2.24, 2.45) is 11.8 Å². The molecule has 4 rings (SSSR count). The molecule has 0 radical (unpaired) electrons. The van der Waals surface area contributed by atoms with Gasteiger partial charge in [-0.15, -0.1) is 0 Å². The molecule has 0 saturated heterocycles. The van der Waals surface area contributed by atoms with Crippen LogP contribution in [0.15, 0.2) is 36.7 Å². The zero-order valence-corrected chi connectivity index (χ0v) is 20.6. The Bertz CT molecular complexity index is 900. The second-order valence-electron chi connectivity index (χ2n) is 10.2. The molecule has 0 spiro atoms. The van der Waals surface area contributed by atoms with Gasteiger partial charge in [0.15, 0.2) is 0 Å². The Labute approximate surface area is 203 Å². The van der Waals surface area contributed by atoms with Crippen molar-refractivity contribution in [3.8, 4) is 11.4 Å². The first kappa shape index (κ1) is 24.4. The number of amides is 2. The molecule has 2 aromatic rings. The van der Waals surface area contributed by atoms with Gasteiger partial charge in [-0.25, -0.2) is 0 Å². The Morgan fingerprint density at radius 2 is 1.09 bits per heavy atom. The zero-order valence-electron chi connectivity index (χ0n) is 20.6. The fourth-order valence-electron chi connectivity index (χ4n) is 5.51. The lowest BCUT2D eigenvalue weighted by molar-refractivity contribution is 0.0910. The minimum absolute atomic E-state index is 0.0862. The van der Waals surface area contributed by atoms with Gasteiger partial charge < -0.3 is 10.6 Å². The number of hydrogen-bond donors (Lipinski definition) is 2. The molecule has 182 valence electrons. The molecule has 34 heavy (non-hydrogen) atoms. The van der Waals surface area contributed by atoms with Gasteiger partial charge in [0.1, 0.15) is 0 Å². The number of carbonyl (C=O) groups is 2. The predicted molar refractivity (Wildman–Crippen MR) is 134 cm³/mol. The second kappa shape index (κ2) is 11.6. The average Bonchev–Trinajstić information content (AvgIpc) is 2.89. The van der Waals surface area contributed by atoms with Crippen molar-refractivity contribution in [2.45, 2.75) is 90.1 Å². The van der Waals surface area contributed by atoms with Gasteiger partial charge in [0.2, 0.25) is 0 Å². The summed E-state index contributed by atoms with van der Waals surface area (Å²) in [4.78, 5) is 34.7. The highest BCUT2D eigenvalue weighted by atomic mass is 16.2. The lowest BCUT2D eigenvalue weighted by atomic mass is 9.84. The molecule has 2 aliphatic carbocycles. The maximum absolute atomic E-state index is 12.9. The summed E-state index contributed by atoms with van der Waals surface area (Å²) in [5.74, 6) is 0.924. The van der Waals surface area contributed by atoms with Crippen LogP contribution < -0.4 is 10.6 Å². The Balaban J connectivity index is 1.42. The fraction of sp³-hybridized carbons (Fsp3) is 0.571. The van der Waals surface area contributed by atoms with Crippen LogP contribution in [0.25, 0.3) is 11.4 Å². The third-order valence-corrected chi connectivity index (χ3v) is 7.74. The van der Waals surface area contributed by atoms with Crippen LogP contribution in [0, 0.1) is 11.8 Å². The van der Waals surface area contributed by atoms with Gasteiger partial charge in [-0.2, -0.15) is 0 Å². The molecule has 0 aliphatic heterocycles. The number of nitrogens with one attached hydrogen (secondary N) is 2. The fourth-order valence-corrected chi connectivity index (χ4v) is 5.51. The summed E-state index contributed by atoms with van der Waals surface area (Å²) < 4.78 is 0. The van der Waals surface area contributed by atoms with E-state index in [1.165, 1.54) is 64.2 Å². The van der Waals surface area contributed by atoms with E-state index in [1.54, 1.807) is 36.7 Å². The molecule has 2 amide bonds. The summed E-state index contributed by atoms with van der Waals surface area (Å²) in [6.45, 7) is 4.21. The van der Waals surface area contributed by atoms with E-state index in [1.807, 2.05) is 0 Å². The lowest BCUT2D eigenvalue weighted by Crippen LogP contribution is -2.39. The third-order valence-electron chi connectivity index (χ3n) is 7.74. The van der Waals surface area contributed by atoms with E-state index >= 15 is 0 Å². The molecule has 2 fully saturated rings. The van der Waals surface area contributed by atoms with Crippen LogP contribution in [-0.2, 0) is 0 Å². The molecule has 2 atom stereocenters. The Morgan fingerprint density at radius 3 is 1.47 bits per heavy atom. The number of nitrogens with zero attached hydrogens (tertiary/aromatic N) is 2. The van der Waals surface area contributed by atoms with E-state index < -0.39 is 0 Å². The van der Waals surface area contributed by atoms with Gasteiger partial charge in [-0.05, 0) is 75.6 Å². The topological polar surface area (TPSA) is 84.0 Å². The van der Waals surface area contributed by atoms with E-state index in [2.05, 4.69) is 34.4 Å². The maximum Gasteiger partial charge on any atom is 0.251 e. The third kappa shape index (κ3) is 6.22. The van der Waals surface area contributed by atoms with E-state index in [-0.39, 0.29) is 23.9 Å². The molecule has 6 heteroatoms. The van der Waals surface area contributed by atoms with E-state index in [9.17, 15) is 9.59 Å². The average molecular weight is 463 g/mol. The van der Waals surface area contributed by atoms with Crippen molar-refractivity contribution in [3.63, 3.8) is 0 Å². The summed E-state index contributed by atoms with van der Waals surface area (Å²) in [6.07, 6.45) is 15.6. The predicted octanol–water partition coefficient (Wildman–Crippen LogP) is 5.54. The Kier molecular flexibility index (Phi) is 8.30. The normalized spacial score (nSPS) is 19.2. The number of hydrogen-bond acceptors (Lipinski definition) is 4. The van der Waals surface area contributed by atoms with Crippen LogP contribution >= 0.6 is 0 Å². The van der Waals surface area contributed by atoms with Crippen molar-refractivity contribution in [3.05, 3.63) is 47.8 Å². The molecule has 2 aliphatic rings. The summed E-state index contributed by atoms with van der Waals surface area (Å²) in [5, 5.41) is 6.35. The van der Waals surface area contributed by atoms with Gasteiger partial charge in [-0.3, -0.25) is 19.6 Å². The highest BCUT2D eigenvalue weighted by Gasteiger charge is 2.23. The minimum Gasteiger partial charge on any atom is -0.349 e. The van der Waals surface area contributed by atoms with Crippen LogP contribution in [0.2, 0.25) is 0 Å². The van der Waals surface area contributed by atoms with Gasteiger partial charge >= 0.3 is 0 Å². The molecule has 6 nitrogen and oxygen atoms in total. The first-order valence-electron chi connectivity index (χ1n) is 13.1. The monoisotopic (exact) mass is 462 g/mol. The van der Waals surface area contributed by atoms with E-state index in [0.717, 1.165) is 0 Å². The highest BCUT2D eigenvalue weighted by Crippen LogP contribution is 2.27. The molecular weight excluding hydrogens is 424 g/mol. The summed E-state index contributed by atoms with van der Waals surface area (Å²) in [7, 11) is 0. The molecule has 2 aromatic heterocycles. The van der Waals surface area contributed by atoms with Crippen molar-refractivity contribution < 1.29 is 9.59 Å². The molecule has 0 bridgehead atoms. The van der Waals surface area contributed by atoms with Crippen molar-refractivity contribution in [1.82, 2.24) is 20.6 Å². The van der Waals surface area contributed by atoms with Gasteiger partial charge in [0.05, 0.1) is 11.4 Å². The summed E-state index contributed by atoms with van der Waals surface area (Å²) >= 11 is 0. The maximum atomic E-state index is 12.9. The van der Waals surface area contributed by atoms with Gasteiger partial charge in [0, 0.05) is 35.6 Å². The largest absolute Gasteiger partial charge is 0.349 e. The van der Waals surface area contributed by atoms with Crippen LogP contribution in [0.5, 0.6) is 0 Å². The van der Waals surface area contributed by atoms with E-state index in [4.69, 9.17) is 0 Å². The molecule has 2 saturated carbocycles. The number of aromatic nitrogens is 2. The summed E-state index contributed by atoms with van der Waals surface area (Å²) in [6, 6.07) is 7.29. The van der Waals surface area contributed by atoms with Crippen molar-refractivity contribution in [2.75, 3.05) is 0 Å². The van der Waals surface area contributed by atoms with E-state index in [0.29, 0.717) is 34.4 Å². The van der Waals surface area contributed by atoms with Gasteiger partial charge in [0.25, 0.3) is 11.8 Å². The highest BCUT2D eigenvalue weighted by molar-refractivity contribution is 5.96. The first-order chi connectivity index (χ1) is 16.5. The molecule has 0 aromatic carbocycles. The SMILES string of the molecule is C[C@H](NC(=O)c1ccnc(-c2cc(C(=O)N[C@@H](C)C3CCCCC3)ccn2)c1)C1CCCCC1. The van der Waals surface area contributed by atoms with Crippen LogP contribution in [0.4, 0.5) is 0 Å². The molecular formula is C28H38N4O2. The van der Waals surface area contributed by atoms with Crippen LogP contribution in [-0.4, -0.2) is 33.9 Å². The summed E-state index contributed by atoms with van der Waals surface area (Å²) in [5.41, 5.74) is 2.31. The number of pyridine rings is 2. The smallest absolute Gasteiger partial charge is 0.251 e. The van der Waals surface area contributed by atoms with Crippen LogP contribution in [0.3, 0.4) is 0 Å². The molecule has 0 unspecified atom stereocenters. The minimum atomic E-state index is -0.0862. The van der Waals surface area contributed by atoms with Crippen molar-refractivity contribution >= 4 is 11.8 Å².